The molecular formula is C35H54O4. The van der Waals surface area contributed by atoms with Gasteiger partial charge in [-0.2, -0.15) is 0 Å². The van der Waals surface area contributed by atoms with E-state index in [0.29, 0.717) is 16.7 Å². The molecule has 39 heavy (non-hydrogen) atoms. The number of fused-ring (bicyclic) bond motifs is 1. The lowest BCUT2D eigenvalue weighted by molar-refractivity contribution is -0.0980. The number of carbonyl (C=O) groups is 1. The second kappa shape index (κ2) is 14.0. The average Bonchev–Trinajstić information content (AvgIpc) is 2.76. The average molecular weight is 539 g/mol. The molecule has 2 rings (SSSR count). The van der Waals surface area contributed by atoms with E-state index in [2.05, 4.69) is 115 Å². The van der Waals surface area contributed by atoms with Crippen LogP contribution in [0.25, 0.3) is 16.5 Å². The van der Waals surface area contributed by atoms with Crippen LogP contribution < -0.4 is 5.63 Å². The zero-order chi connectivity index (χ0) is 31.1. The molecule has 4 heteroatoms. The van der Waals surface area contributed by atoms with Gasteiger partial charge in [-0.3, -0.25) is 0 Å². The minimum absolute atomic E-state index is 0.0200. The van der Waals surface area contributed by atoms with Crippen LogP contribution >= 0.6 is 0 Å². The number of hydrogen-bond donors (Lipinski definition) is 1. The first-order valence-electron chi connectivity index (χ1n) is 13.7. The third-order valence-corrected chi connectivity index (χ3v) is 6.38. The smallest absolute Gasteiger partial charge is 0.344 e. The van der Waals surface area contributed by atoms with Crippen LogP contribution in [0.4, 0.5) is 0 Å². The molecule has 0 saturated heterocycles. The first-order valence-corrected chi connectivity index (χ1v) is 13.7. The summed E-state index contributed by atoms with van der Waals surface area (Å²) in [5.74, 6) is 0.833. The molecule has 0 amide bonds. The second-order valence-electron chi connectivity index (χ2n) is 14.1. The van der Waals surface area contributed by atoms with E-state index in [-0.39, 0.29) is 16.2 Å². The van der Waals surface area contributed by atoms with Gasteiger partial charge in [-0.1, -0.05) is 101 Å². The Morgan fingerprint density at radius 3 is 1.77 bits per heavy atom. The topological polar surface area (TPSA) is 67.5 Å². The van der Waals surface area contributed by atoms with Crippen LogP contribution in [0, 0.1) is 30.6 Å². The molecule has 1 aromatic heterocycles. The number of allylic oxidation sites excluding steroid dienone is 5. The van der Waals surface area contributed by atoms with Gasteiger partial charge in [-0.05, 0) is 71.8 Å². The Hall–Kier alpha value is -2.88. The fourth-order valence-electron chi connectivity index (χ4n) is 3.75. The van der Waals surface area contributed by atoms with Crippen molar-refractivity contribution in [3.8, 4) is 0 Å². The summed E-state index contributed by atoms with van der Waals surface area (Å²) < 4.78 is 5.92. The SMILES string of the molecule is C=O.CC(C)C.C\C(=C/C(=C\C(=C\O)c1c(C)c2cc(C)cc(C(C)(C)C)c2oc1=O)C(C)(C)C)C(C)(C)C. The molecule has 0 aliphatic rings. The monoisotopic (exact) mass is 538 g/mol. The van der Waals surface area contributed by atoms with E-state index in [1.807, 2.05) is 19.8 Å². The van der Waals surface area contributed by atoms with E-state index >= 15 is 0 Å². The van der Waals surface area contributed by atoms with E-state index in [4.69, 9.17) is 9.21 Å². The Morgan fingerprint density at radius 1 is 0.897 bits per heavy atom. The first kappa shape index (κ1) is 36.1. The van der Waals surface area contributed by atoms with Gasteiger partial charge in [-0.15, -0.1) is 0 Å². The minimum atomic E-state index is -0.435. The lowest BCUT2D eigenvalue weighted by Crippen LogP contribution is -2.16. The number of aliphatic hydroxyl groups is 1. The third kappa shape index (κ3) is 10.3. The van der Waals surface area contributed by atoms with Crippen LogP contribution in [-0.4, -0.2) is 11.9 Å². The fraction of sp³-hybridized carbons (Fsp3) is 0.543. The zero-order valence-electron chi connectivity index (χ0n) is 27.3. The van der Waals surface area contributed by atoms with Crippen molar-refractivity contribution >= 4 is 23.3 Å². The highest BCUT2D eigenvalue weighted by Crippen LogP contribution is 2.37. The van der Waals surface area contributed by atoms with Crippen molar-refractivity contribution in [2.75, 3.05) is 0 Å². The molecule has 0 spiro atoms. The summed E-state index contributed by atoms with van der Waals surface area (Å²) in [5, 5.41) is 11.1. The molecular weight excluding hydrogens is 484 g/mol. The van der Waals surface area contributed by atoms with Crippen molar-refractivity contribution in [3.05, 3.63) is 74.4 Å². The quantitative estimate of drug-likeness (QED) is 0.240. The Kier molecular flexibility index (Phi) is 12.9. The van der Waals surface area contributed by atoms with Crippen LogP contribution in [0.2, 0.25) is 0 Å². The Labute approximate surface area is 237 Å². The van der Waals surface area contributed by atoms with Crippen molar-refractivity contribution in [1.29, 1.82) is 0 Å². The number of carbonyl (C=O) groups excluding carboxylic acids is 1. The highest BCUT2D eigenvalue weighted by molar-refractivity contribution is 5.90. The standard InChI is InChI=1S/C30H42O3.C4H10.CH2O/c1-18-13-23-20(3)25(27(32)33-26(23)24(14-18)30(10,11)12)21(17-31)16-22(29(7,8)9)15-19(2)28(4,5)6;1-4(2)3;1-2/h13-17,31H,1-12H3;4H,1-3H3;1H2/b19-15+,21-17-,22-16+;;. The van der Waals surface area contributed by atoms with Gasteiger partial charge in [0.1, 0.15) is 12.4 Å². The molecule has 0 aliphatic carbocycles. The van der Waals surface area contributed by atoms with Crippen molar-refractivity contribution in [1.82, 2.24) is 0 Å². The summed E-state index contributed by atoms with van der Waals surface area (Å²) in [6, 6.07) is 4.14. The van der Waals surface area contributed by atoms with Gasteiger partial charge in [0.05, 0.1) is 11.8 Å². The van der Waals surface area contributed by atoms with Crippen LogP contribution in [0.1, 0.15) is 112 Å². The third-order valence-electron chi connectivity index (χ3n) is 6.38. The number of aliphatic hydroxyl groups excluding tert-OH is 1. The molecule has 0 unspecified atom stereocenters. The van der Waals surface area contributed by atoms with E-state index in [9.17, 15) is 9.90 Å². The van der Waals surface area contributed by atoms with Crippen molar-refractivity contribution in [2.45, 2.75) is 109 Å². The van der Waals surface area contributed by atoms with Crippen molar-refractivity contribution < 1.29 is 14.3 Å². The minimum Gasteiger partial charge on any atom is -0.515 e. The molecule has 0 bridgehead atoms. The number of hydrogen-bond acceptors (Lipinski definition) is 4. The van der Waals surface area contributed by atoms with Gasteiger partial charge < -0.3 is 14.3 Å². The van der Waals surface area contributed by atoms with Crippen LogP contribution in [0.15, 0.2) is 50.9 Å². The predicted molar refractivity (Wildman–Crippen MR) is 170 cm³/mol. The van der Waals surface area contributed by atoms with Gasteiger partial charge in [-0.25, -0.2) is 4.79 Å². The summed E-state index contributed by atoms with van der Waals surface area (Å²) in [4.78, 5) is 21.3. The molecule has 0 fully saturated rings. The van der Waals surface area contributed by atoms with E-state index < -0.39 is 5.63 Å². The van der Waals surface area contributed by atoms with E-state index in [0.717, 1.165) is 39.8 Å². The zero-order valence-corrected chi connectivity index (χ0v) is 27.3. The van der Waals surface area contributed by atoms with Gasteiger partial charge in [0, 0.05) is 16.5 Å². The molecule has 0 atom stereocenters. The molecule has 1 heterocycles. The van der Waals surface area contributed by atoms with Gasteiger partial charge >= 0.3 is 5.63 Å². The molecule has 0 saturated carbocycles. The fourth-order valence-corrected chi connectivity index (χ4v) is 3.75. The van der Waals surface area contributed by atoms with Crippen LogP contribution in [-0.2, 0) is 10.2 Å². The highest BCUT2D eigenvalue weighted by Gasteiger charge is 2.24. The summed E-state index contributed by atoms with van der Waals surface area (Å²) in [5.41, 5.74) is 5.93. The predicted octanol–water partition coefficient (Wildman–Crippen LogP) is 10.0. The lowest BCUT2D eigenvalue weighted by atomic mass is 9.79. The number of aryl methyl sites for hydroxylation is 2. The van der Waals surface area contributed by atoms with Crippen molar-refractivity contribution in [3.63, 3.8) is 0 Å². The van der Waals surface area contributed by atoms with Crippen LogP contribution in [0.3, 0.4) is 0 Å². The van der Waals surface area contributed by atoms with Gasteiger partial charge in [0.15, 0.2) is 0 Å². The summed E-state index contributed by atoms with van der Waals surface area (Å²) in [6.45, 7) is 33.9. The maximum absolute atomic E-state index is 13.3. The van der Waals surface area contributed by atoms with Gasteiger partial charge in [0.25, 0.3) is 0 Å². The molecule has 4 nitrogen and oxygen atoms in total. The first-order chi connectivity index (χ1) is 17.6. The normalized spacial score (nSPS) is 13.6. The number of rotatable bonds is 3. The number of benzene rings is 1. The van der Waals surface area contributed by atoms with E-state index in [1.165, 1.54) is 5.57 Å². The highest BCUT2D eigenvalue weighted by atomic mass is 16.4. The summed E-state index contributed by atoms with van der Waals surface area (Å²) in [7, 11) is 0. The molecule has 2 aromatic rings. The summed E-state index contributed by atoms with van der Waals surface area (Å²) >= 11 is 0. The van der Waals surface area contributed by atoms with E-state index in [1.54, 1.807) is 0 Å². The molecule has 1 N–H and O–H groups in total. The maximum Gasteiger partial charge on any atom is 0.344 e. The van der Waals surface area contributed by atoms with Crippen LogP contribution in [0.5, 0.6) is 0 Å². The summed E-state index contributed by atoms with van der Waals surface area (Å²) in [6.07, 6.45) is 5.11. The largest absolute Gasteiger partial charge is 0.515 e. The molecule has 1 aromatic carbocycles. The van der Waals surface area contributed by atoms with Crippen molar-refractivity contribution in [2.24, 2.45) is 16.7 Å². The Balaban J connectivity index is 0.00000220. The Bertz CT molecular complexity index is 1260. The lowest BCUT2D eigenvalue weighted by Gasteiger charge is -2.26. The second-order valence-corrected chi connectivity index (χ2v) is 14.1. The molecule has 0 radical (unpaired) electrons. The maximum atomic E-state index is 13.3. The van der Waals surface area contributed by atoms with Gasteiger partial charge in [0.2, 0.25) is 0 Å². The molecule has 0 aliphatic heterocycles. The molecule has 218 valence electrons. The Morgan fingerprint density at radius 2 is 1.38 bits per heavy atom.